The summed E-state index contributed by atoms with van der Waals surface area (Å²) in [5.74, 6) is -0.305. The summed E-state index contributed by atoms with van der Waals surface area (Å²) in [4.78, 5) is 24.2. The smallest absolute Gasteiger partial charge is 0.282 e. The second kappa shape index (κ2) is 5.79. The van der Waals surface area contributed by atoms with Gasteiger partial charge in [-0.3, -0.25) is 14.9 Å². The Kier molecular flexibility index (Phi) is 4.11. The Bertz CT molecular complexity index is 484. The quantitative estimate of drug-likeness (QED) is 0.658. The summed E-state index contributed by atoms with van der Waals surface area (Å²) in [7, 11) is 1.68. The van der Waals surface area contributed by atoms with Crippen molar-refractivity contribution >= 4 is 11.6 Å². The lowest BCUT2D eigenvalue weighted by Gasteiger charge is -2.21. The number of rotatable bonds is 4. The van der Waals surface area contributed by atoms with E-state index in [-0.39, 0.29) is 23.2 Å². The Morgan fingerprint density at radius 1 is 1.53 bits per heavy atom. The van der Waals surface area contributed by atoms with Crippen LogP contribution in [0, 0.1) is 10.1 Å². The molecule has 0 bridgehead atoms. The van der Waals surface area contributed by atoms with Crippen molar-refractivity contribution in [3.63, 3.8) is 0 Å². The summed E-state index contributed by atoms with van der Waals surface area (Å²) in [5, 5.41) is 14.2. The first-order valence-electron chi connectivity index (χ1n) is 6.32. The standard InChI is InChI=1S/C13H17N3O3/c1-15(9-10-5-4-8-14-10)13(17)11-6-2-3-7-12(11)16(18)19/h2-3,6-7,10,14H,4-5,8-9H2,1H3. The SMILES string of the molecule is CN(CC1CCCN1)C(=O)c1ccccc1[N+](=O)[O-]. The van der Waals surface area contributed by atoms with Crippen LogP contribution in [0.5, 0.6) is 0 Å². The summed E-state index contributed by atoms with van der Waals surface area (Å²) >= 11 is 0. The van der Waals surface area contributed by atoms with Gasteiger partial charge in [-0.1, -0.05) is 12.1 Å². The van der Waals surface area contributed by atoms with Crippen molar-refractivity contribution in [3.05, 3.63) is 39.9 Å². The summed E-state index contributed by atoms with van der Waals surface area (Å²) in [5.41, 5.74) is 0.00623. The number of nitro groups is 1. The second-order valence-corrected chi connectivity index (χ2v) is 4.75. The fraction of sp³-hybridized carbons (Fsp3) is 0.462. The monoisotopic (exact) mass is 263 g/mol. The summed E-state index contributed by atoms with van der Waals surface area (Å²) in [6, 6.07) is 6.35. The number of para-hydroxylation sites is 1. The van der Waals surface area contributed by atoms with Crippen LogP contribution in [0.1, 0.15) is 23.2 Å². The average Bonchev–Trinajstić information content (AvgIpc) is 2.90. The van der Waals surface area contributed by atoms with Crippen molar-refractivity contribution in [2.45, 2.75) is 18.9 Å². The molecular weight excluding hydrogens is 246 g/mol. The van der Waals surface area contributed by atoms with Crippen molar-refractivity contribution in [3.8, 4) is 0 Å². The van der Waals surface area contributed by atoms with E-state index in [9.17, 15) is 14.9 Å². The molecule has 0 radical (unpaired) electrons. The highest BCUT2D eigenvalue weighted by Crippen LogP contribution is 2.19. The third-order valence-electron chi connectivity index (χ3n) is 3.33. The van der Waals surface area contributed by atoms with Gasteiger partial charge in [0.25, 0.3) is 11.6 Å². The Labute approximate surface area is 111 Å². The van der Waals surface area contributed by atoms with E-state index in [1.54, 1.807) is 24.1 Å². The zero-order valence-electron chi connectivity index (χ0n) is 10.8. The van der Waals surface area contributed by atoms with E-state index in [1.165, 1.54) is 12.1 Å². The first-order chi connectivity index (χ1) is 9.09. The maximum absolute atomic E-state index is 12.3. The van der Waals surface area contributed by atoms with Crippen molar-refractivity contribution in [2.75, 3.05) is 20.1 Å². The first kappa shape index (κ1) is 13.5. The molecule has 1 aromatic carbocycles. The summed E-state index contributed by atoms with van der Waals surface area (Å²) < 4.78 is 0. The van der Waals surface area contributed by atoms with Gasteiger partial charge in [0.2, 0.25) is 0 Å². The van der Waals surface area contributed by atoms with E-state index >= 15 is 0 Å². The van der Waals surface area contributed by atoms with E-state index in [0.717, 1.165) is 19.4 Å². The molecule has 0 spiro atoms. The lowest BCUT2D eigenvalue weighted by atomic mass is 10.1. The molecule has 1 fully saturated rings. The summed E-state index contributed by atoms with van der Waals surface area (Å²) in [6.07, 6.45) is 2.15. The van der Waals surface area contributed by atoms with Crippen molar-refractivity contribution < 1.29 is 9.72 Å². The number of hydrogen-bond acceptors (Lipinski definition) is 4. The minimum absolute atomic E-state index is 0.140. The summed E-state index contributed by atoms with van der Waals surface area (Å²) in [6.45, 7) is 1.54. The van der Waals surface area contributed by atoms with Crippen molar-refractivity contribution in [1.82, 2.24) is 10.2 Å². The maximum atomic E-state index is 12.3. The topological polar surface area (TPSA) is 75.5 Å². The van der Waals surface area contributed by atoms with Crippen LogP contribution in [0.4, 0.5) is 5.69 Å². The van der Waals surface area contributed by atoms with Gasteiger partial charge in [-0.15, -0.1) is 0 Å². The zero-order chi connectivity index (χ0) is 13.8. The van der Waals surface area contributed by atoms with Gasteiger partial charge in [-0.25, -0.2) is 0 Å². The van der Waals surface area contributed by atoms with Gasteiger partial charge in [-0.2, -0.15) is 0 Å². The number of carbonyl (C=O) groups excluding carboxylic acids is 1. The van der Waals surface area contributed by atoms with E-state index in [4.69, 9.17) is 0 Å². The van der Waals surface area contributed by atoms with Crippen LogP contribution in [0.3, 0.4) is 0 Å². The third-order valence-corrected chi connectivity index (χ3v) is 3.33. The number of nitrogens with one attached hydrogen (secondary N) is 1. The van der Waals surface area contributed by atoms with Gasteiger partial charge in [-0.05, 0) is 25.5 Å². The minimum atomic E-state index is -0.519. The van der Waals surface area contributed by atoms with Crippen LogP contribution < -0.4 is 5.32 Å². The molecule has 102 valence electrons. The average molecular weight is 263 g/mol. The molecule has 1 aliphatic heterocycles. The number of hydrogen-bond donors (Lipinski definition) is 1. The molecule has 6 heteroatoms. The van der Waals surface area contributed by atoms with Gasteiger partial charge in [0.1, 0.15) is 5.56 Å². The molecule has 6 nitrogen and oxygen atoms in total. The number of amides is 1. The molecule has 19 heavy (non-hydrogen) atoms. The van der Waals surface area contributed by atoms with Gasteiger partial charge >= 0.3 is 0 Å². The van der Waals surface area contributed by atoms with Crippen LogP contribution in [-0.2, 0) is 0 Å². The first-order valence-corrected chi connectivity index (χ1v) is 6.32. The second-order valence-electron chi connectivity index (χ2n) is 4.75. The van der Waals surface area contributed by atoms with Crippen LogP contribution in [0.15, 0.2) is 24.3 Å². The highest BCUT2D eigenvalue weighted by molar-refractivity contribution is 5.97. The van der Waals surface area contributed by atoms with Gasteiger partial charge in [0.05, 0.1) is 4.92 Å². The van der Waals surface area contributed by atoms with Crippen LogP contribution in [-0.4, -0.2) is 41.9 Å². The van der Waals surface area contributed by atoms with Crippen molar-refractivity contribution in [1.29, 1.82) is 0 Å². The van der Waals surface area contributed by atoms with Gasteiger partial charge in [0.15, 0.2) is 0 Å². The largest absolute Gasteiger partial charge is 0.340 e. The highest BCUT2D eigenvalue weighted by atomic mass is 16.6. The molecule has 0 saturated carbocycles. The molecule has 2 rings (SSSR count). The number of likely N-dealkylation sites (N-methyl/N-ethyl adjacent to an activating group) is 1. The molecule has 1 saturated heterocycles. The predicted octanol–water partition coefficient (Wildman–Crippen LogP) is 1.42. The Balaban J connectivity index is 2.12. The molecular formula is C13H17N3O3. The molecule has 1 unspecified atom stereocenters. The molecule has 0 aliphatic carbocycles. The van der Waals surface area contributed by atoms with Crippen LogP contribution >= 0.6 is 0 Å². The van der Waals surface area contributed by atoms with Gasteiger partial charge in [0, 0.05) is 25.7 Å². The Morgan fingerprint density at radius 3 is 2.89 bits per heavy atom. The lowest BCUT2D eigenvalue weighted by Crippen LogP contribution is -2.38. The Hall–Kier alpha value is -1.95. The normalized spacial score (nSPS) is 18.3. The third kappa shape index (κ3) is 3.08. The van der Waals surface area contributed by atoms with Crippen molar-refractivity contribution in [2.24, 2.45) is 0 Å². The van der Waals surface area contributed by atoms with Crippen LogP contribution in [0.2, 0.25) is 0 Å². The Morgan fingerprint density at radius 2 is 2.26 bits per heavy atom. The van der Waals surface area contributed by atoms with Gasteiger partial charge < -0.3 is 10.2 Å². The fourth-order valence-corrected chi connectivity index (χ4v) is 2.35. The fourth-order valence-electron chi connectivity index (χ4n) is 2.35. The number of nitrogens with zero attached hydrogens (tertiary/aromatic N) is 2. The number of benzene rings is 1. The molecule has 1 heterocycles. The maximum Gasteiger partial charge on any atom is 0.282 e. The van der Waals surface area contributed by atoms with E-state index < -0.39 is 4.92 Å². The van der Waals surface area contributed by atoms with Crippen LogP contribution in [0.25, 0.3) is 0 Å². The molecule has 1 aliphatic rings. The van der Waals surface area contributed by atoms with E-state index in [0.29, 0.717) is 6.54 Å². The highest BCUT2D eigenvalue weighted by Gasteiger charge is 2.24. The minimum Gasteiger partial charge on any atom is -0.340 e. The number of nitro benzene ring substituents is 1. The van der Waals surface area contributed by atoms with E-state index in [1.807, 2.05) is 0 Å². The molecule has 1 aromatic rings. The molecule has 1 amide bonds. The zero-order valence-corrected chi connectivity index (χ0v) is 10.8. The van der Waals surface area contributed by atoms with E-state index in [2.05, 4.69) is 5.32 Å². The molecule has 1 atom stereocenters. The number of carbonyl (C=O) groups is 1. The lowest BCUT2D eigenvalue weighted by molar-refractivity contribution is -0.385. The molecule has 0 aromatic heterocycles. The molecule has 1 N–H and O–H groups in total. The predicted molar refractivity (Wildman–Crippen MR) is 71.1 cm³/mol.